The van der Waals surface area contributed by atoms with Gasteiger partial charge in [0, 0.05) is 32.5 Å². The van der Waals surface area contributed by atoms with Gasteiger partial charge in [-0.15, -0.1) is 0 Å². The Hall–Kier alpha value is -1.45. The molecule has 0 aromatic heterocycles. The van der Waals surface area contributed by atoms with E-state index in [4.69, 9.17) is 10.5 Å². The van der Waals surface area contributed by atoms with Gasteiger partial charge in [0.2, 0.25) is 5.91 Å². The van der Waals surface area contributed by atoms with Crippen molar-refractivity contribution in [3.8, 4) is 0 Å². The number of rotatable bonds is 6. The van der Waals surface area contributed by atoms with Gasteiger partial charge in [0.05, 0.1) is 5.76 Å². The molecule has 0 atom stereocenters. The van der Waals surface area contributed by atoms with Crippen LogP contribution in [0.2, 0.25) is 0 Å². The fraction of sp³-hybridized carbons (Fsp3) is 0.500. The number of nitrogens with two attached hydrogens (primary N) is 1. The Labute approximate surface area is 84.8 Å². The fourth-order valence-corrected chi connectivity index (χ4v) is 0.838. The van der Waals surface area contributed by atoms with E-state index < -0.39 is 0 Å². The van der Waals surface area contributed by atoms with Crippen molar-refractivity contribution in [2.24, 2.45) is 5.73 Å². The highest BCUT2D eigenvalue weighted by Crippen LogP contribution is 2.09. The van der Waals surface area contributed by atoms with Crippen molar-refractivity contribution >= 4 is 5.91 Å². The van der Waals surface area contributed by atoms with Gasteiger partial charge in [-0.3, -0.25) is 4.79 Å². The van der Waals surface area contributed by atoms with Gasteiger partial charge in [0.1, 0.15) is 5.76 Å². The maximum atomic E-state index is 10.5. The second-order valence-corrected chi connectivity index (χ2v) is 2.86. The van der Waals surface area contributed by atoms with Crippen molar-refractivity contribution < 1.29 is 9.53 Å². The molecule has 80 valence electrons. The van der Waals surface area contributed by atoms with Crippen molar-refractivity contribution in [1.29, 1.82) is 0 Å². The average Bonchev–Trinajstić information content (AvgIpc) is 2.13. The number of allylic oxidation sites excluding steroid dienone is 1. The Morgan fingerprint density at radius 3 is 2.71 bits per heavy atom. The summed E-state index contributed by atoms with van der Waals surface area (Å²) in [5, 5.41) is 2.66. The van der Waals surface area contributed by atoms with E-state index in [2.05, 4.69) is 11.9 Å². The van der Waals surface area contributed by atoms with Crippen LogP contribution in [0.1, 0.15) is 26.7 Å². The van der Waals surface area contributed by atoms with E-state index in [0.717, 1.165) is 6.42 Å². The average molecular weight is 198 g/mol. The largest absolute Gasteiger partial charge is 0.465 e. The molecule has 1 amide bonds. The van der Waals surface area contributed by atoms with Gasteiger partial charge < -0.3 is 15.8 Å². The highest BCUT2D eigenvalue weighted by atomic mass is 16.5. The van der Waals surface area contributed by atoms with E-state index in [1.54, 1.807) is 0 Å². The Morgan fingerprint density at radius 1 is 1.64 bits per heavy atom. The van der Waals surface area contributed by atoms with Gasteiger partial charge in [-0.05, 0) is 0 Å². The second-order valence-electron chi connectivity index (χ2n) is 2.86. The predicted octanol–water partition coefficient (Wildman–Crippen LogP) is 1.25. The van der Waals surface area contributed by atoms with Gasteiger partial charge in [0.25, 0.3) is 0 Å². The topological polar surface area (TPSA) is 64.3 Å². The number of carbonyl (C=O) groups excluding carboxylic acids is 1. The molecular formula is C10H18N2O2. The lowest BCUT2D eigenvalue weighted by Crippen LogP contribution is -2.21. The van der Waals surface area contributed by atoms with Crippen LogP contribution in [-0.4, -0.2) is 12.5 Å². The molecule has 0 saturated heterocycles. The van der Waals surface area contributed by atoms with Gasteiger partial charge in [-0.25, -0.2) is 0 Å². The molecule has 14 heavy (non-hydrogen) atoms. The SMILES string of the molecule is C=C(CCNC(C)=O)O/C(=C\N)CC. The van der Waals surface area contributed by atoms with E-state index in [1.165, 1.54) is 13.1 Å². The maximum absolute atomic E-state index is 10.5. The summed E-state index contributed by atoms with van der Waals surface area (Å²) in [6.45, 7) is 7.67. The zero-order chi connectivity index (χ0) is 11.0. The molecule has 0 saturated carbocycles. The third-order valence-corrected chi connectivity index (χ3v) is 1.59. The molecular weight excluding hydrogens is 180 g/mol. The van der Waals surface area contributed by atoms with Crippen LogP contribution in [-0.2, 0) is 9.53 Å². The maximum Gasteiger partial charge on any atom is 0.216 e. The molecule has 4 nitrogen and oxygen atoms in total. The minimum absolute atomic E-state index is 0.0529. The minimum atomic E-state index is -0.0529. The quantitative estimate of drug-likeness (QED) is 0.631. The molecule has 3 N–H and O–H groups in total. The Morgan fingerprint density at radius 2 is 2.29 bits per heavy atom. The number of amides is 1. The third kappa shape index (κ3) is 6.11. The molecule has 0 fully saturated rings. The van der Waals surface area contributed by atoms with Gasteiger partial charge in [-0.2, -0.15) is 0 Å². The van der Waals surface area contributed by atoms with E-state index >= 15 is 0 Å². The second kappa shape index (κ2) is 7.00. The summed E-state index contributed by atoms with van der Waals surface area (Å²) in [6, 6.07) is 0. The van der Waals surface area contributed by atoms with E-state index in [-0.39, 0.29) is 5.91 Å². The Bertz CT molecular complexity index is 234. The highest BCUT2D eigenvalue weighted by Gasteiger charge is 1.99. The van der Waals surface area contributed by atoms with E-state index in [1.807, 2.05) is 6.92 Å². The van der Waals surface area contributed by atoms with Crippen molar-refractivity contribution in [2.75, 3.05) is 6.54 Å². The Balaban J connectivity index is 3.70. The first-order valence-electron chi connectivity index (χ1n) is 4.61. The minimum Gasteiger partial charge on any atom is -0.465 e. The summed E-state index contributed by atoms with van der Waals surface area (Å²) < 4.78 is 5.32. The molecule has 4 heteroatoms. The van der Waals surface area contributed by atoms with Crippen LogP contribution >= 0.6 is 0 Å². The van der Waals surface area contributed by atoms with Crippen LogP contribution < -0.4 is 11.1 Å². The molecule has 0 aliphatic carbocycles. The van der Waals surface area contributed by atoms with Crippen molar-refractivity contribution in [1.82, 2.24) is 5.32 Å². The lowest BCUT2D eigenvalue weighted by atomic mass is 10.3. The highest BCUT2D eigenvalue weighted by molar-refractivity contribution is 5.72. The van der Waals surface area contributed by atoms with Crippen molar-refractivity contribution in [3.63, 3.8) is 0 Å². The van der Waals surface area contributed by atoms with Gasteiger partial charge in [0.15, 0.2) is 0 Å². The summed E-state index contributed by atoms with van der Waals surface area (Å²) in [4.78, 5) is 10.5. The lowest BCUT2D eigenvalue weighted by Gasteiger charge is -2.10. The first-order chi connectivity index (χ1) is 6.60. The molecule has 0 aliphatic rings. The molecule has 0 aromatic rings. The third-order valence-electron chi connectivity index (χ3n) is 1.59. The van der Waals surface area contributed by atoms with Crippen LogP contribution in [0.25, 0.3) is 0 Å². The van der Waals surface area contributed by atoms with Gasteiger partial charge in [-0.1, -0.05) is 13.5 Å². The van der Waals surface area contributed by atoms with Crippen LogP contribution in [0.5, 0.6) is 0 Å². The van der Waals surface area contributed by atoms with E-state index in [0.29, 0.717) is 24.5 Å². The number of hydrogen-bond acceptors (Lipinski definition) is 3. The van der Waals surface area contributed by atoms with Crippen LogP contribution in [0.15, 0.2) is 24.3 Å². The number of hydrogen-bond donors (Lipinski definition) is 2. The molecule has 0 radical (unpaired) electrons. The van der Waals surface area contributed by atoms with Crippen LogP contribution in [0, 0.1) is 0 Å². The molecule has 0 aromatic carbocycles. The number of ether oxygens (including phenoxy) is 1. The summed E-state index contributed by atoms with van der Waals surface area (Å²) in [7, 11) is 0. The Kier molecular flexibility index (Phi) is 6.28. The van der Waals surface area contributed by atoms with E-state index in [9.17, 15) is 4.79 Å². The monoisotopic (exact) mass is 198 g/mol. The number of carbonyl (C=O) groups is 1. The smallest absolute Gasteiger partial charge is 0.216 e. The normalized spacial score (nSPS) is 10.9. The van der Waals surface area contributed by atoms with Gasteiger partial charge >= 0.3 is 0 Å². The van der Waals surface area contributed by atoms with Crippen molar-refractivity contribution in [3.05, 3.63) is 24.3 Å². The zero-order valence-corrected chi connectivity index (χ0v) is 8.80. The standard InChI is InChI=1S/C10H18N2O2/c1-4-10(7-11)14-8(2)5-6-12-9(3)13/h7H,2,4-6,11H2,1,3H3,(H,12,13)/b10-7-. The lowest BCUT2D eigenvalue weighted by molar-refractivity contribution is -0.118. The fourth-order valence-electron chi connectivity index (χ4n) is 0.838. The van der Waals surface area contributed by atoms with Crippen LogP contribution in [0.3, 0.4) is 0 Å². The summed E-state index contributed by atoms with van der Waals surface area (Å²) in [5.74, 6) is 1.25. The van der Waals surface area contributed by atoms with Crippen molar-refractivity contribution in [2.45, 2.75) is 26.7 Å². The molecule has 0 unspecified atom stereocenters. The molecule has 0 rings (SSSR count). The zero-order valence-electron chi connectivity index (χ0n) is 8.80. The van der Waals surface area contributed by atoms with Crippen LogP contribution in [0.4, 0.5) is 0 Å². The molecule has 0 spiro atoms. The summed E-state index contributed by atoms with van der Waals surface area (Å²) >= 11 is 0. The first kappa shape index (κ1) is 12.6. The molecule has 0 bridgehead atoms. The molecule has 0 aliphatic heterocycles. The summed E-state index contributed by atoms with van der Waals surface area (Å²) in [5.41, 5.74) is 5.31. The summed E-state index contributed by atoms with van der Waals surface area (Å²) in [6.07, 6.45) is 2.75. The first-order valence-corrected chi connectivity index (χ1v) is 4.61. The predicted molar refractivity (Wildman–Crippen MR) is 56.1 cm³/mol. The molecule has 0 heterocycles. The number of nitrogens with one attached hydrogen (secondary N) is 1.